The summed E-state index contributed by atoms with van der Waals surface area (Å²) in [4.78, 5) is 0. The molecule has 0 unspecified atom stereocenters. The second-order valence-corrected chi connectivity index (χ2v) is 10.6. The van der Waals surface area contributed by atoms with Gasteiger partial charge >= 0.3 is 0 Å². The average Bonchev–Trinajstić information content (AvgIpc) is 2.67. The highest BCUT2D eigenvalue weighted by atomic mass is 32.2. The van der Waals surface area contributed by atoms with Gasteiger partial charge in [0.15, 0.2) is 0 Å². The Labute approximate surface area is 151 Å². The van der Waals surface area contributed by atoms with E-state index >= 15 is 0 Å². The predicted octanol–water partition coefficient (Wildman–Crippen LogP) is 3.93. The van der Waals surface area contributed by atoms with E-state index in [4.69, 9.17) is 0 Å². The molecule has 0 radical (unpaired) electrons. The maximum atomic E-state index is 2.31. The molecule has 0 saturated carbocycles. The van der Waals surface area contributed by atoms with Crippen LogP contribution in [0.3, 0.4) is 0 Å². The molecule has 0 bridgehead atoms. The third-order valence-electron chi connectivity index (χ3n) is 4.29. The van der Waals surface area contributed by atoms with Gasteiger partial charge in [-0.05, 0) is 29.5 Å². The molecule has 0 aliphatic carbocycles. The van der Waals surface area contributed by atoms with E-state index in [1.54, 1.807) is 10.4 Å². The number of hydrogen-bond donors (Lipinski definition) is 0. The molecule has 0 aliphatic heterocycles. The molecule has 2 heteroatoms. The summed E-state index contributed by atoms with van der Waals surface area (Å²) in [5.41, 5.74) is 1.46. The number of rotatable bonds is 8. The van der Waals surface area contributed by atoms with E-state index in [0.29, 0.717) is 0 Å². The molecule has 0 fully saturated rings. The molecule has 122 valence electrons. The fourth-order valence-electron chi connectivity index (χ4n) is 2.98. The summed E-state index contributed by atoms with van der Waals surface area (Å²) in [7, 11) is -1.10. The van der Waals surface area contributed by atoms with Gasteiger partial charge in [-0.3, -0.25) is 0 Å². The van der Waals surface area contributed by atoms with Gasteiger partial charge in [-0.15, -0.1) is 0 Å². The van der Waals surface area contributed by atoms with Gasteiger partial charge in [0.25, 0.3) is 0 Å². The lowest BCUT2D eigenvalue weighted by atomic mass is 10.1. The Morgan fingerprint density at radius 1 is 0.625 bits per heavy atom. The summed E-state index contributed by atoms with van der Waals surface area (Å²) in [6, 6.07) is 33.0. The fourth-order valence-corrected chi connectivity index (χ4v) is 8.24. The van der Waals surface area contributed by atoms with Crippen molar-refractivity contribution in [3.05, 3.63) is 96.6 Å². The Balaban J connectivity index is 1.55. The highest BCUT2D eigenvalue weighted by molar-refractivity contribution is 8.00. The molecule has 0 N–H and O–H groups in total. The van der Waals surface area contributed by atoms with Crippen LogP contribution in [0.2, 0.25) is 0 Å². The van der Waals surface area contributed by atoms with E-state index in [1.165, 1.54) is 29.5 Å². The molecule has 0 spiro atoms. The van der Waals surface area contributed by atoms with Crippen molar-refractivity contribution in [2.24, 2.45) is 0 Å². The summed E-state index contributed by atoms with van der Waals surface area (Å²) in [6.07, 6.45) is 2.45. The summed E-state index contributed by atoms with van der Waals surface area (Å²) < 4.78 is 0. The normalized spacial score (nSPS) is 10.9. The van der Waals surface area contributed by atoms with Gasteiger partial charge in [-0.25, -0.2) is 0 Å². The molecule has 3 rings (SSSR count). The largest absolute Gasteiger partial charge is 0.165 e. The first kappa shape index (κ1) is 17.1. The van der Waals surface area contributed by atoms with E-state index in [-0.39, 0.29) is 0 Å². The van der Waals surface area contributed by atoms with E-state index in [0.717, 1.165) is 0 Å². The molecule has 0 aromatic heterocycles. The minimum atomic E-state index is -1.10. The van der Waals surface area contributed by atoms with Crippen molar-refractivity contribution in [3.8, 4) is 0 Å². The van der Waals surface area contributed by atoms with Gasteiger partial charge in [0.1, 0.15) is 8.80 Å². The first-order chi connectivity index (χ1) is 11.9. The van der Waals surface area contributed by atoms with Crippen molar-refractivity contribution in [1.29, 1.82) is 0 Å². The van der Waals surface area contributed by atoms with Crippen LogP contribution in [0.1, 0.15) is 12.0 Å². The van der Waals surface area contributed by atoms with Crippen molar-refractivity contribution in [2.75, 3.05) is 11.1 Å². The van der Waals surface area contributed by atoms with Crippen LogP contribution in [0.15, 0.2) is 91.0 Å². The smallest absolute Gasteiger partial charge is 0.112 e. The zero-order chi connectivity index (χ0) is 16.5. The highest BCUT2D eigenvalue weighted by Gasteiger charge is 2.15. The summed E-state index contributed by atoms with van der Waals surface area (Å²) in [5.74, 6) is 1.25. The molecular formula is C22H24SSi. The average molecular weight is 349 g/mol. The van der Waals surface area contributed by atoms with Gasteiger partial charge in [0.2, 0.25) is 0 Å². The molecule has 3 aromatic carbocycles. The van der Waals surface area contributed by atoms with Crippen molar-refractivity contribution in [1.82, 2.24) is 0 Å². The van der Waals surface area contributed by atoms with Gasteiger partial charge in [0.05, 0.1) is 0 Å². The topological polar surface area (TPSA) is 0 Å². The number of thioether (sulfide) groups is 1. The SMILES string of the molecule is c1ccc(CCCSC[SiH](c2ccccc2)c2ccccc2)cc1. The maximum absolute atomic E-state index is 2.31. The fraction of sp³-hybridized carbons (Fsp3) is 0.182. The van der Waals surface area contributed by atoms with Crippen LogP contribution >= 0.6 is 11.8 Å². The second kappa shape index (κ2) is 9.51. The Kier molecular flexibility index (Phi) is 6.76. The Bertz CT molecular complexity index is 658. The van der Waals surface area contributed by atoms with Crippen molar-refractivity contribution >= 4 is 30.9 Å². The van der Waals surface area contributed by atoms with Crippen LogP contribution in [0.4, 0.5) is 0 Å². The number of hydrogen-bond acceptors (Lipinski definition) is 1. The molecule has 0 saturated heterocycles. The Morgan fingerprint density at radius 3 is 1.67 bits per heavy atom. The predicted molar refractivity (Wildman–Crippen MR) is 111 cm³/mol. The lowest BCUT2D eigenvalue weighted by Gasteiger charge is -2.16. The highest BCUT2D eigenvalue weighted by Crippen LogP contribution is 2.09. The number of benzene rings is 3. The van der Waals surface area contributed by atoms with Crippen molar-refractivity contribution in [2.45, 2.75) is 12.8 Å². The van der Waals surface area contributed by atoms with Crippen LogP contribution in [-0.2, 0) is 6.42 Å². The summed E-state index contributed by atoms with van der Waals surface area (Å²) in [6.45, 7) is 0. The van der Waals surface area contributed by atoms with E-state index < -0.39 is 8.80 Å². The van der Waals surface area contributed by atoms with Crippen LogP contribution in [-0.4, -0.2) is 19.9 Å². The first-order valence-electron chi connectivity index (χ1n) is 8.65. The van der Waals surface area contributed by atoms with Crippen LogP contribution in [0.25, 0.3) is 0 Å². The summed E-state index contributed by atoms with van der Waals surface area (Å²) in [5, 5.41) is 4.39. The van der Waals surface area contributed by atoms with Gasteiger partial charge in [-0.2, -0.15) is 11.8 Å². The first-order valence-corrected chi connectivity index (χ1v) is 11.8. The Hall–Kier alpha value is -1.77. The third-order valence-corrected chi connectivity index (χ3v) is 9.52. The molecular weight excluding hydrogens is 324 g/mol. The third kappa shape index (κ3) is 5.12. The zero-order valence-electron chi connectivity index (χ0n) is 14.0. The minimum Gasteiger partial charge on any atom is -0.165 e. The quantitative estimate of drug-likeness (QED) is 0.439. The molecule has 0 aliphatic rings. The lowest BCUT2D eigenvalue weighted by molar-refractivity contribution is 0.934. The maximum Gasteiger partial charge on any atom is 0.112 e. The van der Waals surface area contributed by atoms with Crippen molar-refractivity contribution in [3.63, 3.8) is 0 Å². The van der Waals surface area contributed by atoms with E-state index in [9.17, 15) is 0 Å². The lowest BCUT2D eigenvalue weighted by Crippen LogP contribution is -2.44. The second-order valence-electron chi connectivity index (χ2n) is 6.04. The molecule has 0 nitrogen and oxygen atoms in total. The van der Waals surface area contributed by atoms with Crippen molar-refractivity contribution < 1.29 is 0 Å². The molecule has 0 amide bonds. The van der Waals surface area contributed by atoms with Gasteiger partial charge in [0, 0.05) is 0 Å². The molecule has 0 atom stereocenters. The number of aryl methyl sites for hydroxylation is 1. The summed E-state index contributed by atoms with van der Waals surface area (Å²) >= 11 is 2.13. The van der Waals surface area contributed by atoms with Gasteiger partial charge < -0.3 is 0 Å². The molecule has 0 heterocycles. The minimum absolute atomic E-state index is 1.10. The molecule has 3 aromatic rings. The van der Waals surface area contributed by atoms with Crippen LogP contribution in [0.5, 0.6) is 0 Å². The monoisotopic (exact) mass is 348 g/mol. The van der Waals surface area contributed by atoms with E-state index in [1.807, 2.05) is 0 Å². The van der Waals surface area contributed by atoms with Gasteiger partial charge in [-0.1, -0.05) is 101 Å². The Morgan fingerprint density at radius 2 is 1.12 bits per heavy atom. The van der Waals surface area contributed by atoms with Crippen LogP contribution in [0, 0.1) is 0 Å². The van der Waals surface area contributed by atoms with E-state index in [2.05, 4.69) is 103 Å². The molecule has 24 heavy (non-hydrogen) atoms. The zero-order valence-corrected chi connectivity index (χ0v) is 15.9. The standard InChI is InChI=1S/C22H24SSi/c1-4-11-20(12-5-1)13-10-18-23-19-24(21-14-6-2-7-15-21)22-16-8-3-9-17-22/h1-9,11-12,14-17,24H,10,13,18-19H2. The van der Waals surface area contributed by atoms with Crippen LogP contribution < -0.4 is 10.4 Å².